The molecule has 0 radical (unpaired) electrons. The Hall–Kier alpha value is -1.30. The van der Waals surface area contributed by atoms with Gasteiger partial charge in [-0.2, -0.15) is 0 Å². The van der Waals surface area contributed by atoms with E-state index < -0.39 is 0 Å². The lowest BCUT2D eigenvalue weighted by Gasteiger charge is -2.35. The second-order valence-electron chi connectivity index (χ2n) is 5.36. The first kappa shape index (κ1) is 18.7. The summed E-state index contributed by atoms with van der Waals surface area (Å²) < 4.78 is 0. The third kappa shape index (κ3) is 4.87. The lowest BCUT2D eigenvalue weighted by Crippen LogP contribution is -2.51. The van der Waals surface area contributed by atoms with Crippen molar-refractivity contribution in [3.63, 3.8) is 0 Å². The zero-order chi connectivity index (χ0) is 15.4. The van der Waals surface area contributed by atoms with Gasteiger partial charge in [-0.25, -0.2) is 0 Å². The van der Waals surface area contributed by atoms with Gasteiger partial charge in [0.05, 0.1) is 0 Å². The molecule has 1 aliphatic rings. The molecule has 0 saturated carbocycles. The van der Waals surface area contributed by atoms with Gasteiger partial charge in [0.15, 0.2) is 0 Å². The maximum Gasteiger partial charge on any atom is 0.254 e. The van der Waals surface area contributed by atoms with Crippen molar-refractivity contribution in [3.8, 4) is 0 Å². The zero-order valence-electron chi connectivity index (χ0n) is 12.5. The minimum atomic E-state index is -0.136. The van der Waals surface area contributed by atoms with Crippen LogP contribution in [0.5, 0.6) is 0 Å². The molecule has 2 N–H and O–H groups in total. The fraction of sp³-hybridized carbons (Fsp3) is 0.467. The van der Waals surface area contributed by atoms with E-state index in [0.717, 1.165) is 0 Å². The van der Waals surface area contributed by atoms with E-state index in [-0.39, 0.29) is 30.3 Å². The standard InChI is InChI=1S/C15H20ClN3O2.ClH/c1-11(17)9-14(20)18-5-7-19(8-6-18)15(21)12-3-2-4-13(16)10-12;/h2-4,10-11H,5-9,17H2,1H3;1H. The largest absolute Gasteiger partial charge is 0.339 e. The van der Waals surface area contributed by atoms with E-state index in [1.807, 2.05) is 6.92 Å². The van der Waals surface area contributed by atoms with Crippen LogP contribution in [0, 0.1) is 0 Å². The summed E-state index contributed by atoms with van der Waals surface area (Å²) in [5.74, 6) is 0.0108. The van der Waals surface area contributed by atoms with Gasteiger partial charge in [-0.15, -0.1) is 12.4 Å². The number of carbonyl (C=O) groups is 2. The molecular formula is C15H21Cl2N3O2. The normalized spacial score (nSPS) is 16.0. The van der Waals surface area contributed by atoms with Crippen molar-refractivity contribution in [3.05, 3.63) is 34.9 Å². The monoisotopic (exact) mass is 345 g/mol. The number of carbonyl (C=O) groups excluding carboxylic acids is 2. The fourth-order valence-electron chi connectivity index (χ4n) is 2.37. The number of hydrogen-bond donors (Lipinski definition) is 1. The number of halogens is 2. The summed E-state index contributed by atoms with van der Waals surface area (Å²) in [5.41, 5.74) is 6.22. The fourth-order valence-corrected chi connectivity index (χ4v) is 2.56. The number of hydrogen-bond acceptors (Lipinski definition) is 3. The molecule has 1 saturated heterocycles. The summed E-state index contributed by atoms with van der Waals surface area (Å²) in [6.07, 6.45) is 0.349. The van der Waals surface area contributed by atoms with Gasteiger partial charge in [0.25, 0.3) is 5.91 Å². The van der Waals surface area contributed by atoms with Crippen molar-refractivity contribution in [2.45, 2.75) is 19.4 Å². The van der Waals surface area contributed by atoms with Crippen molar-refractivity contribution in [1.29, 1.82) is 0 Å². The summed E-state index contributed by atoms with van der Waals surface area (Å²) in [5, 5.41) is 0.548. The maximum atomic E-state index is 12.4. The number of amides is 2. The highest BCUT2D eigenvalue weighted by atomic mass is 35.5. The minimum absolute atomic E-state index is 0. The van der Waals surface area contributed by atoms with Crippen LogP contribution in [0.15, 0.2) is 24.3 Å². The molecular weight excluding hydrogens is 325 g/mol. The molecule has 0 aromatic heterocycles. The van der Waals surface area contributed by atoms with Gasteiger partial charge in [0.1, 0.15) is 0 Å². The van der Waals surface area contributed by atoms with Crippen molar-refractivity contribution >= 4 is 35.8 Å². The molecule has 5 nitrogen and oxygen atoms in total. The Morgan fingerprint density at radius 3 is 2.36 bits per heavy atom. The molecule has 22 heavy (non-hydrogen) atoms. The van der Waals surface area contributed by atoms with Crippen LogP contribution in [0.25, 0.3) is 0 Å². The van der Waals surface area contributed by atoms with Crippen molar-refractivity contribution in [1.82, 2.24) is 9.80 Å². The Morgan fingerprint density at radius 1 is 1.23 bits per heavy atom. The number of rotatable bonds is 3. The van der Waals surface area contributed by atoms with Crippen LogP contribution in [0.2, 0.25) is 5.02 Å². The van der Waals surface area contributed by atoms with Gasteiger partial charge >= 0.3 is 0 Å². The summed E-state index contributed by atoms with van der Waals surface area (Å²) in [4.78, 5) is 27.8. The van der Waals surface area contributed by atoms with Crippen LogP contribution in [-0.4, -0.2) is 53.8 Å². The Labute approximate surface area is 141 Å². The lowest BCUT2D eigenvalue weighted by atomic mass is 10.1. The van der Waals surface area contributed by atoms with Crippen LogP contribution in [0.4, 0.5) is 0 Å². The van der Waals surface area contributed by atoms with E-state index in [0.29, 0.717) is 43.2 Å². The average Bonchev–Trinajstić information content (AvgIpc) is 2.46. The third-order valence-electron chi connectivity index (χ3n) is 3.49. The number of benzene rings is 1. The summed E-state index contributed by atoms with van der Waals surface area (Å²) in [6, 6.07) is 6.78. The predicted octanol–water partition coefficient (Wildman–Crippen LogP) is 1.78. The molecule has 0 spiro atoms. The minimum Gasteiger partial charge on any atom is -0.339 e. The van der Waals surface area contributed by atoms with E-state index >= 15 is 0 Å². The molecule has 122 valence electrons. The first-order valence-electron chi connectivity index (χ1n) is 7.05. The summed E-state index contributed by atoms with van der Waals surface area (Å²) in [7, 11) is 0. The Kier molecular flexibility index (Phi) is 7.13. The second-order valence-corrected chi connectivity index (χ2v) is 5.80. The quantitative estimate of drug-likeness (QED) is 0.907. The molecule has 1 aliphatic heterocycles. The van der Waals surface area contributed by atoms with Crippen LogP contribution < -0.4 is 5.73 Å². The van der Waals surface area contributed by atoms with Crippen LogP contribution >= 0.6 is 24.0 Å². The van der Waals surface area contributed by atoms with Crippen LogP contribution in [0.1, 0.15) is 23.7 Å². The van der Waals surface area contributed by atoms with Crippen molar-refractivity contribution < 1.29 is 9.59 Å². The zero-order valence-corrected chi connectivity index (χ0v) is 14.1. The highest BCUT2D eigenvalue weighted by Gasteiger charge is 2.25. The molecule has 1 fully saturated rings. The number of nitrogens with two attached hydrogens (primary N) is 1. The average molecular weight is 346 g/mol. The Morgan fingerprint density at radius 2 is 1.82 bits per heavy atom. The van der Waals surface area contributed by atoms with Crippen LogP contribution in [0.3, 0.4) is 0 Å². The van der Waals surface area contributed by atoms with Gasteiger partial charge in [-0.3, -0.25) is 9.59 Å². The molecule has 2 amide bonds. The summed E-state index contributed by atoms with van der Waals surface area (Å²) >= 11 is 5.91. The number of piperazine rings is 1. The topological polar surface area (TPSA) is 66.6 Å². The molecule has 1 heterocycles. The smallest absolute Gasteiger partial charge is 0.254 e. The van der Waals surface area contributed by atoms with E-state index in [2.05, 4.69) is 0 Å². The first-order chi connectivity index (χ1) is 9.97. The second kappa shape index (κ2) is 8.36. The van der Waals surface area contributed by atoms with Crippen molar-refractivity contribution in [2.75, 3.05) is 26.2 Å². The maximum absolute atomic E-state index is 12.4. The van der Waals surface area contributed by atoms with Gasteiger partial charge in [-0.1, -0.05) is 17.7 Å². The molecule has 1 aromatic rings. The Balaban J connectivity index is 0.00000242. The van der Waals surface area contributed by atoms with E-state index in [1.165, 1.54) is 0 Å². The SMILES string of the molecule is CC(N)CC(=O)N1CCN(C(=O)c2cccc(Cl)c2)CC1.Cl. The van der Waals surface area contributed by atoms with E-state index in [1.54, 1.807) is 34.1 Å². The summed E-state index contributed by atoms with van der Waals surface area (Å²) in [6.45, 7) is 4.00. The molecule has 7 heteroatoms. The third-order valence-corrected chi connectivity index (χ3v) is 3.72. The molecule has 2 rings (SSSR count). The molecule has 1 aromatic carbocycles. The van der Waals surface area contributed by atoms with Gasteiger partial charge in [0, 0.05) is 49.2 Å². The number of nitrogens with zero attached hydrogens (tertiary/aromatic N) is 2. The van der Waals surface area contributed by atoms with Gasteiger partial charge in [-0.05, 0) is 25.1 Å². The molecule has 1 unspecified atom stereocenters. The molecule has 1 atom stereocenters. The van der Waals surface area contributed by atoms with E-state index in [9.17, 15) is 9.59 Å². The van der Waals surface area contributed by atoms with Gasteiger partial charge in [0.2, 0.25) is 5.91 Å². The first-order valence-corrected chi connectivity index (χ1v) is 7.43. The molecule has 0 bridgehead atoms. The van der Waals surface area contributed by atoms with Gasteiger partial charge < -0.3 is 15.5 Å². The highest BCUT2D eigenvalue weighted by Crippen LogP contribution is 2.14. The van der Waals surface area contributed by atoms with Crippen molar-refractivity contribution in [2.24, 2.45) is 5.73 Å². The predicted molar refractivity (Wildman–Crippen MR) is 89.4 cm³/mol. The highest BCUT2D eigenvalue weighted by molar-refractivity contribution is 6.30. The van der Waals surface area contributed by atoms with E-state index in [4.69, 9.17) is 17.3 Å². The Bertz CT molecular complexity index is 529. The molecule has 0 aliphatic carbocycles. The van der Waals surface area contributed by atoms with Crippen LogP contribution in [-0.2, 0) is 4.79 Å². The lowest BCUT2D eigenvalue weighted by molar-refractivity contribution is -0.132.